The maximum Gasteiger partial charge on any atom is 0.356 e. The highest BCUT2D eigenvalue weighted by molar-refractivity contribution is 8.00. The van der Waals surface area contributed by atoms with Crippen molar-refractivity contribution in [3.05, 3.63) is 125 Å². The topological polar surface area (TPSA) is 162 Å². The number of benzene rings is 2. The second-order valence-electron chi connectivity index (χ2n) is 10.3. The number of nitrogens with two attached hydrogens (primary N) is 1. The molecule has 0 saturated carbocycles. The van der Waals surface area contributed by atoms with Crippen LogP contribution in [0.5, 0.6) is 0 Å². The number of aromatic nitrogens is 3. The van der Waals surface area contributed by atoms with Crippen LogP contribution in [0.15, 0.2) is 108 Å². The zero-order chi connectivity index (χ0) is 32.8. The fourth-order valence-corrected chi connectivity index (χ4v) is 6.79. The van der Waals surface area contributed by atoms with Gasteiger partial charge in [0.2, 0.25) is 11.5 Å². The molecule has 2 atom stereocenters. The molecule has 2 unspecified atom stereocenters. The van der Waals surface area contributed by atoms with Gasteiger partial charge in [0.25, 0.3) is 11.8 Å². The first-order chi connectivity index (χ1) is 22.9. The molecule has 1 saturated heterocycles. The lowest BCUT2D eigenvalue weighted by Crippen LogP contribution is -2.71. The number of fused-ring (bicyclic) bond motifs is 1. The average Bonchev–Trinajstić information content (AvgIpc) is 3.54. The first kappa shape index (κ1) is 31.6. The lowest BCUT2D eigenvalue weighted by atomic mass is 10.00. The van der Waals surface area contributed by atoms with Crippen LogP contribution in [0.3, 0.4) is 0 Å². The molecule has 0 bridgehead atoms. The molecule has 1 fully saturated rings. The molecule has 2 aliphatic rings. The van der Waals surface area contributed by atoms with Gasteiger partial charge in [0.05, 0.1) is 0 Å². The number of rotatable bonds is 11. The third-order valence-electron chi connectivity index (χ3n) is 7.22. The number of thioether (sulfide) groups is 1. The Bertz CT molecular complexity index is 1810. The number of hydrogen-bond donors (Lipinski definition) is 2. The molecule has 14 heteroatoms. The number of carbonyl (C=O) groups excluding carboxylic acids is 3. The molecule has 0 spiro atoms. The zero-order valence-corrected chi connectivity index (χ0v) is 26.7. The van der Waals surface area contributed by atoms with Gasteiger partial charge in [-0.05, 0) is 35.3 Å². The lowest BCUT2D eigenvalue weighted by molar-refractivity contribution is -0.154. The number of amides is 2. The molecule has 3 N–H and O–H groups in total. The molecule has 0 radical (unpaired) electrons. The zero-order valence-electron chi connectivity index (χ0n) is 25.1. The minimum atomic E-state index is -0.957. The molecule has 2 aromatic carbocycles. The molecule has 0 aliphatic carbocycles. The normalized spacial score (nSPS) is 17.8. The van der Waals surface area contributed by atoms with E-state index in [4.69, 9.17) is 15.3 Å². The maximum atomic E-state index is 14.2. The van der Waals surface area contributed by atoms with Crippen molar-refractivity contribution >= 4 is 58.0 Å². The Balaban J connectivity index is 1.30. The number of oxime groups is 1. The second-order valence-corrected chi connectivity index (χ2v) is 12.2. The Labute approximate surface area is 278 Å². The van der Waals surface area contributed by atoms with Crippen LogP contribution < -0.4 is 11.1 Å². The summed E-state index contributed by atoms with van der Waals surface area (Å²) in [5, 5.41) is 6.16. The smallest absolute Gasteiger partial charge is 0.356 e. The monoisotopic (exact) mass is 667 g/mol. The SMILES string of the molecule is CCO/N=C(/C(=O)NC1C(=O)N2C(C(=O)OC(c3ccccc3)c3ccccc3)=C(/C=C/c3cccnc3)CSC12)c1nsc(N)n1. The number of nitrogens with zero attached hydrogens (tertiary/aromatic N) is 5. The minimum absolute atomic E-state index is 0.0155. The summed E-state index contributed by atoms with van der Waals surface area (Å²) < 4.78 is 10.3. The van der Waals surface area contributed by atoms with Crippen LogP contribution in [0.2, 0.25) is 0 Å². The van der Waals surface area contributed by atoms with Gasteiger partial charge in [-0.1, -0.05) is 84.0 Å². The van der Waals surface area contributed by atoms with Crippen molar-refractivity contribution in [3.8, 4) is 0 Å². The number of β-lactam (4-membered cyclic amide) rings is 1. The van der Waals surface area contributed by atoms with E-state index in [1.807, 2.05) is 78.9 Å². The molecule has 2 aliphatic heterocycles. The molecular weight excluding hydrogens is 639 g/mol. The summed E-state index contributed by atoms with van der Waals surface area (Å²) in [5.41, 5.74) is 8.59. The van der Waals surface area contributed by atoms with Crippen LogP contribution in [-0.4, -0.2) is 66.5 Å². The summed E-state index contributed by atoms with van der Waals surface area (Å²) in [5.74, 6) is -1.50. The second kappa shape index (κ2) is 14.4. The van der Waals surface area contributed by atoms with Crippen LogP contribution in [0.4, 0.5) is 5.13 Å². The van der Waals surface area contributed by atoms with Gasteiger partial charge in [-0.2, -0.15) is 9.36 Å². The predicted octanol–water partition coefficient (Wildman–Crippen LogP) is 3.96. The molecule has 238 valence electrons. The van der Waals surface area contributed by atoms with Gasteiger partial charge in [0.15, 0.2) is 11.2 Å². The average molecular weight is 668 g/mol. The summed E-state index contributed by atoms with van der Waals surface area (Å²) >= 11 is 2.31. The number of ether oxygens (including phenoxy) is 1. The predicted molar refractivity (Wildman–Crippen MR) is 179 cm³/mol. The fraction of sp³-hybridized carbons (Fsp3) is 0.182. The maximum absolute atomic E-state index is 14.2. The number of esters is 1. The van der Waals surface area contributed by atoms with E-state index in [0.717, 1.165) is 28.2 Å². The van der Waals surface area contributed by atoms with E-state index in [1.54, 1.807) is 25.4 Å². The number of allylic oxidation sites excluding steroid dienone is 1. The molecule has 12 nitrogen and oxygen atoms in total. The summed E-state index contributed by atoms with van der Waals surface area (Å²) in [6.45, 7) is 1.91. The lowest BCUT2D eigenvalue weighted by Gasteiger charge is -2.49. The van der Waals surface area contributed by atoms with E-state index in [0.29, 0.717) is 11.3 Å². The standard InChI is InChI=1S/C33H29N7O5S2/c1-2-44-38-24(28-37-33(34)47-39-28)29(41)36-25-30(42)40-26(23(19-46-31(25)40)16-15-20-10-9-17-35-18-20)32(43)45-27(21-11-5-3-6-12-21)22-13-7-4-8-14-22/h3-18,25,27,31H,2,19H2,1H3,(H,36,41)(H2,34,37,39)/b16-15+,38-24+. The molecular formula is C33H29N7O5S2. The fourth-order valence-electron chi connectivity index (χ4n) is 5.03. The number of nitrogen functional groups attached to an aromatic ring is 1. The highest BCUT2D eigenvalue weighted by Gasteiger charge is 2.54. The van der Waals surface area contributed by atoms with Gasteiger partial charge >= 0.3 is 5.97 Å². The first-order valence-corrected chi connectivity index (χ1v) is 16.4. The Hall–Kier alpha value is -5.34. The van der Waals surface area contributed by atoms with Crippen molar-refractivity contribution < 1.29 is 24.0 Å². The summed E-state index contributed by atoms with van der Waals surface area (Å²) in [6.07, 6.45) is 6.26. The minimum Gasteiger partial charge on any atom is -0.448 e. The molecule has 6 rings (SSSR count). The Morgan fingerprint density at radius 3 is 2.43 bits per heavy atom. The van der Waals surface area contributed by atoms with E-state index >= 15 is 0 Å². The molecule has 4 heterocycles. The van der Waals surface area contributed by atoms with E-state index in [9.17, 15) is 14.4 Å². The van der Waals surface area contributed by atoms with Gasteiger partial charge in [0, 0.05) is 29.7 Å². The molecule has 2 aromatic heterocycles. The summed E-state index contributed by atoms with van der Waals surface area (Å²) in [7, 11) is 0. The van der Waals surface area contributed by atoms with Gasteiger partial charge in [-0.15, -0.1) is 11.8 Å². The quantitative estimate of drug-likeness (QED) is 0.104. The van der Waals surface area contributed by atoms with Crippen LogP contribution in [0.25, 0.3) is 6.08 Å². The third-order valence-corrected chi connectivity index (χ3v) is 9.07. The van der Waals surface area contributed by atoms with Crippen LogP contribution >= 0.6 is 23.3 Å². The summed E-state index contributed by atoms with van der Waals surface area (Å²) in [4.78, 5) is 56.0. The number of nitrogens with one attached hydrogen (secondary N) is 1. The number of anilines is 1. The van der Waals surface area contributed by atoms with Crippen molar-refractivity contribution in [3.63, 3.8) is 0 Å². The van der Waals surface area contributed by atoms with Crippen molar-refractivity contribution in [2.45, 2.75) is 24.4 Å². The van der Waals surface area contributed by atoms with Crippen LogP contribution in [0, 0.1) is 0 Å². The van der Waals surface area contributed by atoms with Crippen LogP contribution in [0.1, 0.15) is 35.5 Å². The van der Waals surface area contributed by atoms with E-state index in [2.05, 4.69) is 24.8 Å². The molecule has 2 amide bonds. The highest BCUT2D eigenvalue weighted by Crippen LogP contribution is 2.42. The van der Waals surface area contributed by atoms with E-state index < -0.39 is 35.3 Å². The number of pyridine rings is 1. The largest absolute Gasteiger partial charge is 0.448 e. The van der Waals surface area contributed by atoms with Gasteiger partial charge in [0.1, 0.15) is 23.7 Å². The van der Waals surface area contributed by atoms with Crippen molar-refractivity contribution in [2.75, 3.05) is 18.1 Å². The third kappa shape index (κ3) is 6.93. The van der Waals surface area contributed by atoms with Gasteiger partial charge in [-0.25, -0.2) is 4.79 Å². The van der Waals surface area contributed by atoms with Gasteiger partial charge in [-0.3, -0.25) is 19.5 Å². The first-order valence-electron chi connectivity index (χ1n) is 14.6. The van der Waals surface area contributed by atoms with Crippen molar-refractivity contribution in [1.29, 1.82) is 0 Å². The Kier molecular flexibility index (Phi) is 9.69. The number of hydrogen-bond acceptors (Lipinski definition) is 12. The van der Waals surface area contributed by atoms with Crippen molar-refractivity contribution in [2.24, 2.45) is 5.16 Å². The van der Waals surface area contributed by atoms with Crippen LogP contribution in [-0.2, 0) is 24.0 Å². The summed E-state index contributed by atoms with van der Waals surface area (Å²) in [6, 6.07) is 21.5. The molecule has 4 aromatic rings. The number of carbonyl (C=O) groups is 3. The Morgan fingerprint density at radius 2 is 1.81 bits per heavy atom. The highest BCUT2D eigenvalue weighted by atomic mass is 32.2. The van der Waals surface area contributed by atoms with Crippen molar-refractivity contribution in [1.82, 2.24) is 24.6 Å². The molecule has 47 heavy (non-hydrogen) atoms. The van der Waals surface area contributed by atoms with Gasteiger partial charge < -0.3 is 20.6 Å². The Morgan fingerprint density at radius 1 is 1.09 bits per heavy atom. The van der Waals surface area contributed by atoms with E-state index in [-0.39, 0.29) is 29.0 Å². The van der Waals surface area contributed by atoms with E-state index in [1.165, 1.54) is 16.7 Å².